The topological polar surface area (TPSA) is 46.2 Å². The van der Waals surface area contributed by atoms with Crippen molar-refractivity contribution in [3.8, 4) is 0 Å². The molecule has 0 aromatic heterocycles. The molecule has 1 fully saturated rings. The number of hydrogen-bond donors (Lipinski definition) is 2. The molecule has 0 heterocycles. The van der Waals surface area contributed by atoms with Crippen molar-refractivity contribution in [1.82, 2.24) is 0 Å². The highest BCUT2D eigenvalue weighted by molar-refractivity contribution is 4.84. The second kappa shape index (κ2) is 3.55. The molecule has 3 N–H and O–H groups in total. The highest BCUT2D eigenvalue weighted by atomic mass is 16.3. The van der Waals surface area contributed by atoms with Crippen molar-refractivity contribution in [3.05, 3.63) is 0 Å². The molecule has 0 aromatic rings. The van der Waals surface area contributed by atoms with E-state index in [1.165, 1.54) is 19.3 Å². The van der Waals surface area contributed by atoms with Crippen LogP contribution in [-0.2, 0) is 0 Å². The first kappa shape index (κ1) is 9.01. The van der Waals surface area contributed by atoms with Crippen LogP contribution in [0.25, 0.3) is 0 Å². The molecule has 2 nitrogen and oxygen atoms in total. The van der Waals surface area contributed by atoms with E-state index < -0.39 is 5.60 Å². The van der Waals surface area contributed by atoms with Crippen LogP contribution in [0.1, 0.15) is 39.0 Å². The molecule has 1 atom stereocenters. The van der Waals surface area contributed by atoms with E-state index in [-0.39, 0.29) is 0 Å². The summed E-state index contributed by atoms with van der Waals surface area (Å²) in [6, 6.07) is 0. The fraction of sp³-hybridized carbons (Fsp3) is 1.00. The van der Waals surface area contributed by atoms with Crippen LogP contribution in [0.5, 0.6) is 0 Å². The number of aliphatic hydroxyl groups is 1. The lowest BCUT2D eigenvalue weighted by Gasteiger charge is -2.34. The van der Waals surface area contributed by atoms with Crippen molar-refractivity contribution in [3.63, 3.8) is 0 Å². The minimum absolute atomic E-state index is 0.400. The van der Waals surface area contributed by atoms with Crippen molar-refractivity contribution >= 4 is 0 Å². The molecular formula is C9H19NO. The summed E-state index contributed by atoms with van der Waals surface area (Å²) in [7, 11) is 0. The first-order chi connectivity index (χ1) is 5.17. The Hall–Kier alpha value is -0.0800. The smallest absolute Gasteiger partial charge is 0.0769 e. The van der Waals surface area contributed by atoms with Gasteiger partial charge in [-0.05, 0) is 25.7 Å². The fourth-order valence-electron chi connectivity index (χ4n) is 1.89. The van der Waals surface area contributed by atoms with Gasteiger partial charge in [0.25, 0.3) is 0 Å². The van der Waals surface area contributed by atoms with E-state index in [9.17, 15) is 5.11 Å². The third kappa shape index (κ3) is 2.17. The van der Waals surface area contributed by atoms with Crippen LogP contribution in [0.3, 0.4) is 0 Å². The highest BCUT2D eigenvalue weighted by Crippen LogP contribution is 2.31. The normalized spacial score (nSPS) is 26.5. The standard InChI is InChI=1S/C9H19NO/c1-9(11,7-10)8-5-3-2-4-6-8/h8,11H,2-7,10H2,1H3/t9-/m0/s1. The lowest BCUT2D eigenvalue weighted by atomic mass is 9.78. The summed E-state index contributed by atoms with van der Waals surface area (Å²) in [6.45, 7) is 2.26. The second-order valence-electron chi connectivity index (χ2n) is 3.90. The van der Waals surface area contributed by atoms with Gasteiger partial charge in [-0.25, -0.2) is 0 Å². The zero-order valence-electron chi connectivity index (χ0n) is 7.34. The minimum Gasteiger partial charge on any atom is -0.389 e. The first-order valence-electron chi connectivity index (χ1n) is 4.59. The SMILES string of the molecule is C[C@](O)(CN)C1CCCCC1. The Balaban J connectivity index is 2.43. The van der Waals surface area contributed by atoms with Gasteiger partial charge < -0.3 is 10.8 Å². The maximum absolute atomic E-state index is 9.82. The summed E-state index contributed by atoms with van der Waals surface area (Å²) in [6.07, 6.45) is 6.17. The van der Waals surface area contributed by atoms with Crippen molar-refractivity contribution in [2.45, 2.75) is 44.6 Å². The monoisotopic (exact) mass is 157 g/mol. The van der Waals surface area contributed by atoms with Crippen LogP contribution < -0.4 is 5.73 Å². The molecule has 11 heavy (non-hydrogen) atoms. The molecule has 1 saturated carbocycles. The molecule has 2 heteroatoms. The van der Waals surface area contributed by atoms with Crippen LogP contribution in [-0.4, -0.2) is 17.3 Å². The largest absolute Gasteiger partial charge is 0.389 e. The molecule has 0 radical (unpaired) electrons. The summed E-state index contributed by atoms with van der Waals surface area (Å²) in [5, 5.41) is 9.82. The molecule has 0 saturated heterocycles. The Bertz CT molecular complexity index is 117. The molecular weight excluding hydrogens is 138 g/mol. The Morgan fingerprint density at radius 2 is 1.91 bits per heavy atom. The molecule has 0 amide bonds. The summed E-state index contributed by atoms with van der Waals surface area (Å²) in [5.74, 6) is 0.446. The molecule has 66 valence electrons. The average molecular weight is 157 g/mol. The van der Waals surface area contributed by atoms with Crippen LogP contribution in [0.4, 0.5) is 0 Å². The third-order valence-electron chi connectivity index (χ3n) is 2.90. The maximum atomic E-state index is 9.82. The molecule has 0 aliphatic heterocycles. The Labute approximate surface area is 68.8 Å². The Kier molecular flexibility index (Phi) is 2.90. The van der Waals surface area contributed by atoms with Gasteiger partial charge in [-0.2, -0.15) is 0 Å². The summed E-state index contributed by atoms with van der Waals surface area (Å²) in [5.41, 5.74) is 4.88. The van der Waals surface area contributed by atoms with Crippen molar-refractivity contribution < 1.29 is 5.11 Å². The quantitative estimate of drug-likeness (QED) is 0.634. The number of rotatable bonds is 2. The molecule has 1 aliphatic rings. The fourth-order valence-corrected chi connectivity index (χ4v) is 1.89. The summed E-state index contributed by atoms with van der Waals surface area (Å²) >= 11 is 0. The van der Waals surface area contributed by atoms with Gasteiger partial charge in [-0.3, -0.25) is 0 Å². The van der Waals surface area contributed by atoms with Crippen molar-refractivity contribution in [1.29, 1.82) is 0 Å². The Morgan fingerprint density at radius 1 is 1.36 bits per heavy atom. The van der Waals surface area contributed by atoms with Gasteiger partial charge >= 0.3 is 0 Å². The third-order valence-corrected chi connectivity index (χ3v) is 2.90. The van der Waals surface area contributed by atoms with Crippen molar-refractivity contribution in [2.75, 3.05) is 6.54 Å². The predicted octanol–water partition coefficient (Wildman–Crippen LogP) is 1.28. The zero-order chi connectivity index (χ0) is 8.32. The van der Waals surface area contributed by atoms with Gasteiger partial charge in [-0.1, -0.05) is 19.3 Å². The van der Waals surface area contributed by atoms with Gasteiger partial charge in [0, 0.05) is 6.54 Å². The molecule has 0 spiro atoms. The van der Waals surface area contributed by atoms with Gasteiger partial charge in [0.05, 0.1) is 5.60 Å². The van der Waals surface area contributed by atoms with Crippen LogP contribution in [0.2, 0.25) is 0 Å². The molecule has 0 bridgehead atoms. The number of hydrogen-bond acceptors (Lipinski definition) is 2. The second-order valence-corrected chi connectivity index (χ2v) is 3.90. The van der Waals surface area contributed by atoms with Gasteiger partial charge in [0.2, 0.25) is 0 Å². The van der Waals surface area contributed by atoms with E-state index in [0.29, 0.717) is 12.5 Å². The Morgan fingerprint density at radius 3 is 2.36 bits per heavy atom. The van der Waals surface area contributed by atoms with E-state index >= 15 is 0 Å². The van der Waals surface area contributed by atoms with Crippen LogP contribution >= 0.6 is 0 Å². The van der Waals surface area contributed by atoms with Crippen molar-refractivity contribution in [2.24, 2.45) is 11.7 Å². The van der Waals surface area contributed by atoms with Crippen LogP contribution in [0, 0.1) is 5.92 Å². The lowest BCUT2D eigenvalue weighted by Crippen LogP contribution is -2.42. The summed E-state index contributed by atoms with van der Waals surface area (Å²) in [4.78, 5) is 0. The molecule has 1 aliphatic carbocycles. The van der Waals surface area contributed by atoms with Gasteiger partial charge in [-0.15, -0.1) is 0 Å². The van der Waals surface area contributed by atoms with E-state index in [0.717, 1.165) is 12.8 Å². The first-order valence-corrected chi connectivity index (χ1v) is 4.59. The number of nitrogens with two attached hydrogens (primary N) is 1. The summed E-state index contributed by atoms with van der Waals surface area (Å²) < 4.78 is 0. The van der Waals surface area contributed by atoms with E-state index in [2.05, 4.69) is 0 Å². The lowest BCUT2D eigenvalue weighted by molar-refractivity contribution is -0.00808. The average Bonchev–Trinajstić information content (AvgIpc) is 2.06. The van der Waals surface area contributed by atoms with E-state index in [1.54, 1.807) is 0 Å². The molecule has 1 rings (SSSR count). The zero-order valence-corrected chi connectivity index (χ0v) is 7.34. The van der Waals surface area contributed by atoms with E-state index in [1.807, 2.05) is 6.92 Å². The van der Waals surface area contributed by atoms with E-state index in [4.69, 9.17) is 5.73 Å². The highest BCUT2D eigenvalue weighted by Gasteiger charge is 2.30. The van der Waals surface area contributed by atoms with Gasteiger partial charge in [0.15, 0.2) is 0 Å². The molecule has 0 aromatic carbocycles. The van der Waals surface area contributed by atoms with Crippen LogP contribution in [0.15, 0.2) is 0 Å². The molecule has 0 unspecified atom stereocenters. The maximum Gasteiger partial charge on any atom is 0.0769 e. The van der Waals surface area contributed by atoms with Gasteiger partial charge in [0.1, 0.15) is 0 Å². The minimum atomic E-state index is -0.611. The predicted molar refractivity (Wildman–Crippen MR) is 46.3 cm³/mol.